The molecule has 0 aliphatic carbocycles. The van der Waals surface area contributed by atoms with E-state index < -0.39 is 0 Å². The fourth-order valence-electron chi connectivity index (χ4n) is 1.57. The molecule has 0 spiro atoms. The van der Waals surface area contributed by atoms with Gasteiger partial charge in [0.05, 0.1) is 19.3 Å². The van der Waals surface area contributed by atoms with Crippen LogP contribution in [0.4, 0.5) is 0 Å². The van der Waals surface area contributed by atoms with Gasteiger partial charge in [0.2, 0.25) is 0 Å². The van der Waals surface area contributed by atoms with Gasteiger partial charge in [-0.1, -0.05) is 27.7 Å². The van der Waals surface area contributed by atoms with Gasteiger partial charge in [0, 0.05) is 5.71 Å². The number of nitrogens with zero attached hydrogens (tertiary/aromatic N) is 1. The van der Waals surface area contributed by atoms with Crippen LogP contribution in [0.1, 0.15) is 27.7 Å². The predicted octanol–water partition coefficient (Wildman–Crippen LogP) is 2.14. The van der Waals surface area contributed by atoms with Gasteiger partial charge in [0.25, 0.3) is 0 Å². The molecule has 12 heavy (non-hydrogen) atoms. The summed E-state index contributed by atoms with van der Waals surface area (Å²) < 4.78 is 5.68. The third-order valence-corrected chi connectivity index (χ3v) is 2.17. The lowest BCUT2D eigenvalue weighted by molar-refractivity contribution is 0.0620. The predicted molar refractivity (Wildman–Crippen MR) is 51.7 cm³/mol. The van der Waals surface area contributed by atoms with E-state index in [1.54, 1.807) is 0 Å². The molecule has 1 unspecified atom stereocenters. The van der Waals surface area contributed by atoms with Crippen molar-refractivity contribution in [1.29, 1.82) is 0 Å². The van der Waals surface area contributed by atoms with Gasteiger partial charge in [-0.25, -0.2) is 0 Å². The van der Waals surface area contributed by atoms with E-state index in [1.807, 2.05) is 0 Å². The quantitative estimate of drug-likeness (QED) is 0.620. The summed E-state index contributed by atoms with van der Waals surface area (Å²) in [7, 11) is 0. The maximum atomic E-state index is 5.68. The van der Waals surface area contributed by atoms with Crippen LogP contribution in [-0.2, 0) is 4.74 Å². The molecule has 0 N–H and O–H groups in total. The molecule has 0 saturated carbocycles. The monoisotopic (exact) mass is 169 g/mol. The second-order valence-corrected chi connectivity index (χ2v) is 4.00. The first kappa shape index (κ1) is 9.72. The first-order chi connectivity index (χ1) is 5.63. The van der Waals surface area contributed by atoms with Crippen LogP contribution in [0.5, 0.6) is 0 Å². The molecular weight excluding hydrogens is 150 g/mol. The summed E-state index contributed by atoms with van der Waals surface area (Å²) in [6.07, 6.45) is 0.263. The first-order valence-electron chi connectivity index (χ1n) is 4.78. The van der Waals surface area contributed by atoms with Crippen molar-refractivity contribution in [2.24, 2.45) is 16.8 Å². The molecule has 0 radical (unpaired) electrons. The topological polar surface area (TPSA) is 21.6 Å². The molecule has 0 aromatic carbocycles. The van der Waals surface area contributed by atoms with Crippen molar-refractivity contribution in [3.63, 3.8) is 0 Å². The van der Waals surface area contributed by atoms with E-state index in [0.29, 0.717) is 11.8 Å². The summed E-state index contributed by atoms with van der Waals surface area (Å²) in [5.41, 5.74) is 1.25. The lowest BCUT2D eigenvalue weighted by atomic mass is 9.94. The zero-order chi connectivity index (χ0) is 9.14. The molecule has 0 saturated heterocycles. The van der Waals surface area contributed by atoms with Crippen LogP contribution >= 0.6 is 0 Å². The minimum atomic E-state index is 0.263. The van der Waals surface area contributed by atoms with Gasteiger partial charge in [0.15, 0.2) is 0 Å². The number of hydrogen-bond acceptors (Lipinski definition) is 2. The molecule has 0 bridgehead atoms. The Kier molecular flexibility index (Phi) is 3.27. The van der Waals surface area contributed by atoms with Crippen molar-refractivity contribution in [2.75, 3.05) is 13.2 Å². The third kappa shape index (κ3) is 2.07. The summed E-state index contributed by atoms with van der Waals surface area (Å²) in [6.45, 7) is 10.4. The van der Waals surface area contributed by atoms with Gasteiger partial charge in [-0.05, 0) is 11.8 Å². The molecule has 1 aliphatic rings. The minimum absolute atomic E-state index is 0.263. The molecule has 0 aromatic rings. The Morgan fingerprint density at radius 2 is 2.00 bits per heavy atom. The van der Waals surface area contributed by atoms with E-state index in [0.717, 1.165) is 13.2 Å². The first-order valence-corrected chi connectivity index (χ1v) is 4.78. The summed E-state index contributed by atoms with van der Waals surface area (Å²) in [6, 6.07) is 0. The highest BCUT2D eigenvalue weighted by Crippen LogP contribution is 2.17. The molecule has 2 heteroatoms. The highest BCUT2D eigenvalue weighted by Gasteiger charge is 2.24. The maximum absolute atomic E-state index is 5.68. The zero-order valence-electron chi connectivity index (χ0n) is 8.50. The van der Waals surface area contributed by atoms with Crippen molar-refractivity contribution in [3.8, 4) is 0 Å². The molecule has 0 aromatic heterocycles. The molecule has 0 amide bonds. The Balaban J connectivity index is 2.71. The molecule has 70 valence electrons. The Morgan fingerprint density at radius 3 is 2.42 bits per heavy atom. The normalized spacial score (nSPS) is 24.8. The summed E-state index contributed by atoms with van der Waals surface area (Å²) >= 11 is 0. The van der Waals surface area contributed by atoms with Crippen LogP contribution < -0.4 is 0 Å². The lowest BCUT2D eigenvalue weighted by Crippen LogP contribution is -2.37. The average molecular weight is 169 g/mol. The van der Waals surface area contributed by atoms with Crippen LogP contribution in [0.15, 0.2) is 4.99 Å². The van der Waals surface area contributed by atoms with Crippen LogP contribution in [0.3, 0.4) is 0 Å². The van der Waals surface area contributed by atoms with Crippen molar-refractivity contribution in [1.82, 2.24) is 0 Å². The zero-order valence-corrected chi connectivity index (χ0v) is 8.50. The Bertz CT molecular complexity index is 173. The van der Waals surface area contributed by atoms with Gasteiger partial charge in [-0.2, -0.15) is 0 Å². The van der Waals surface area contributed by atoms with Gasteiger partial charge >= 0.3 is 0 Å². The maximum Gasteiger partial charge on any atom is 0.0977 e. The number of rotatable bonds is 2. The van der Waals surface area contributed by atoms with Crippen molar-refractivity contribution < 1.29 is 4.74 Å². The van der Waals surface area contributed by atoms with E-state index in [4.69, 9.17) is 4.74 Å². The van der Waals surface area contributed by atoms with Crippen molar-refractivity contribution >= 4 is 5.71 Å². The standard InChI is InChI=1S/C10H19NO/c1-7(2)9-10(8(3)4)12-6-5-11-9/h7-8,10H,5-6H2,1-4H3. The second kappa shape index (κ2) is 4.04. The second-order valence-electron chi connectivity index (χ2n) is 4.00. The van der Waals surface area contributed by atoms with Gasteiger partial charge < -0.3 is 4.74 Å². The number of aliphatic imine (C=N–C) groups is 1. The van der Waals surface area contributed by atoms with Crippen LogP contribution in [0.25, 0.3) is 0 Å². The Hall–Kier alpha value is -0.370. The Labute approximate surface area is 75.0 Å². The highest BCUT2D eigenvalue weighted by atomic mass is 16.5. The molecule has 1 rings (SSSR count). The third-order valence-electron chi connectivity index (χ3n) is 2.17. The van der Waals surface area contributed by atoms with Gasteiger partial charge in [-0.3, -0.25) is 4.99 Å². The van der Waals surface area contributed by atoms with Crippen LogP contribution in [0, 0.1) is 11.8 Å². The fraction of sp³-hybridized carbons (Fsp3) is 0.900. The Morgan fingerprint density at radius 1 is 1.33 bits per heavy atom. The van der Waals surface area contributed by atoms with Crippen LogP contribution in [0.2, 0.25) is 0 Å². The molecule has 0 fully saturated rings. The number of hydrogen-bond donors (Lipinski definition) is 0. The lowest BCUT2D eigenvalue weighted by Gasteiger charge is -2.28. The van der Waals surface area contributed by atoms with E-state index in [-0.39, 0.29) is 6.10 Å². The SMILES string of the molecule is CC(C)C1=NCCOC1C(C)C. The van der Waals surface area contributed by atoms with Crippen LogP contribution in [-0.4, -0.2) is 25.0 Å². The average Bonchev–Trinajstić information content (AvgIpc) is 2.04. The van der Waals surface area contributed by atoms with Crippen molar-refractivity contribution in [2.45, 2.75) is 33.8 Å². The smallest absolute Gasteiger partial charge is 0.0977 e. The summed E-state index contributed by atoms with van der Waals surface area (Å²) in [4.78, 5) is 4.52. The van der Waals surface area contributed by atoms with E-state index in [2.05, 4.69) is 32.7 Å². The highest BCUT2D eigenvalue weighted by molar-refractivity contribution is 5.91. The van der Waals surface area contributed by atoms with E-state index >= 15 is 0 Å². The molecular formula is C10H19NO. The summed E-state index contributed by atoms with van der Waals surface area (Å²) in [5, 5.41) is 0. The van der Waals surface area contributed by atoms with E-state index in [9.17, 15) is 0 Å². The van der Waals surface area contributed by atoms with Crippen molar-refractivity contribution in [3.05, 3.63) is 0 Å². The molecule has 1 heterocycles. The largest absolute Gasteiger partial charge is 0.370 e. The van der Waals surface area contributed by atoms with E-state index in [1.165, 1.54) is 5.71 Å². The molecule has 1 aliphatic heterocycles. The summed E-state index contributed by atoms with van der Waals surface area (Å²) in [5.74, 6) is 1.07. The fourth-order valence-corrected chi connectivity index (χ4v) is 1.57. The number of ether oxygens (including phenoxy) is 1. The molecule has 1 atom stereocenters. The molecule has 2 nitrogen and oxygen atoms in total. The van der Waals surface area contributed by atoms with Gasteiger partial charge in [0.1, 0.15) is 0 Å². The van der Waals surface area contributed by atoms with Gasteiger partial charge in [-0.15, -0.1) is 0 Å². The minimum Gasteiger partial charge on any atom is -0.370 e.